The summed E-state index contributed by atoms with van der Waals surface area (Å²) in [5.41, 5.74) is 2.32. The molecule has 0 unspecified atom stereocenters. The Morgan fingerprint density at radius 3 is 2.00 bits per heavy atom. The van der Waals surface area contributed by atoms with Gasteiger partial charge in [-0.2, -0.15) is 0 Å². The van der Waals surface area contributed by atoms with Crippen LogP contribution in [0.1, 0.15) is 36.7 Å². The maximum absolute atomic E-state index is 13.9. The zero-order valence-corrected chi connectivity index (χ0v) is 18.9. The molecule has 0 amide bonds. The Balaban J connectivity index is 2.18. The van der Waals surface area contributed by atoms with Crippen LogP contribution >= 0.6 is 0 Å². The molecule has 4 aromatic rings. The SMILES string of the molecule is Cc1ccc(S(=O)(=O)n2c(-c3ccccc3)c(C(=O)C(C)(C)C)c3ccccc32)cc1. The van der Waals surface area contributed by atoms with Crippen LogP contribution in [0.3, 0.4) is 0 Å². The topological polar surface area (TPSA) is 56.1 Å². The minimum Gasteiger partial charge on any atom is -0.293 e. The van der Waals surface area contributed by atoms with Crippen molar-refractivity contribution < 1.29 is 13.2 Å². The Labute approximate surface area is 183 Å². The number of aryl methyl sites for hydroxylation is 1. The predicted octanol–water partition coefficient (Wildman–Crippen LogP) is 6.08. The average Bonchev–Trinajstić information content (AvgIpc) is 3.09. The summed E-state index contributed by atoms with van der Waals surface area (Å²) in [5, 5.41) is 0.636. The van der Waals surface area contributed by atoms with Gasteiger partial charge in [0.25, 0.3) is 10.0 Å². The van der Waals surface area contributed by atoms with E-state index in [1.54, 1.807) is 36.4 Å². The first-order valence-electron chi connectivity index (χ1n) is 10.2. The number of carbonyl (C=O) groups is 1. The van der Waals surface area contributed by atoms with Gasteiger partial charge in [-0.25, -0.2) is 12.4 Å². The second-order valence-electron chi connectivity index (χ2n) is 8.77. The number of hydrogen-bond acceptors (Lipinski definition) is 3. The summed E-state index contributed by atoms with van der Waals surface area (Å²) in [6.07, 6.45) is 0. The quantitative estimate of drug-likeness (QED) is 0.368. The lowest BCUT2D eigenvalue weighted by Gasteiger charge is -2.19. The van der Waals surface area contributed by atoms with Crippen LogP contribution in [0, 0.1) is 12.3 Å². The highest BCUT2D eigenvalue weighted by molar-refractivity contribution is 7.90. The molecular formula is C26H25NO3S. The molecule has 4 nitrogen and oxygen atoms in total. The Hall–Kier alpha value is -3.18. The molecule has 0 N–H and O–H groups in total. The number of aromatic nitrogens is 1. The number of nitrogens with zero attached hydrogens (tertiary/aromatic N) is 1. The number of benzene rings is 3. The van der Waals surface area contributed by atoms with Crippen LogP contribution in [-0.2, 0) is 10.0 Å². The van der Waals surface area contributed by atoms with E-state index in [1.807, 2.05) is 70.2 Å². The second kappa shape index (κ2) is 7.50. The van der Waals surface area contributed by atoms with E-state index in [2.05, 4.69) is 0 Å². The smallest absolute Gasteiger partial charge is 0.268 e. The first kappa shape index (κ1) is 21.1. The van der Waals surface area contributed by atoms with Gasteiger partial charge < -0.3 is 0 Å². The van der Waals surface area contributed by atoms with E-state index < -0.39 is 15.4 Å². The van der Waals surface area contributed by atoms with Crippen molar-refractivity contribution in [1.82, 2.24) is 3.97 Å². The molecule has 0 radical (unpaired) electrons. The highest BCUT2D eigenvalue weighted by atomic mass is 32.2. The molecule has 31 heavy (non-hydrogen) atoms. The van der Waals surface area contributed by atoms with Crippen molar-refractivity contribution in [2.75, 3.05) is 0 Å². The van der Waals surface area contributed by atoms with Crippen molar-refractivity contribution in [3.8, 4) is 11.3 Å². The van der Waals surface area contributed by atoms with Crippen LogP contribution in [-0.4, -0.2) is 18.2 Å². The lowest BCUT2D eigenvalue weighted by Crippen LogP contribution is -2.22. The van der Waals surface area contributed by atoms with Crippen LogP contribution < -0.4 is 0 Å². The standard InChI is InChI=1S/C26H25NO3S/c1-18-14-16-20(17-15-18)31(29,30)27-22-13-9-8-12-21(22)23(25(28)26(2,3)4)24(27)19-10-6-5-7-11-19/h5-17H,1-4H3. The third kappa shape index (κ3) is 3.59. The van der Waals surface area contributed by atoms with E-state index in [0.717, 1.165) is 5.56 Å². The van der Waals surface area contributed by atoms with Crippen molar-refractivity contribution in [3.05, 3.63) is 90.0 Å². The molecule has 4 rings (SSSR count). The molecule has 0 saturated heterocycles. The van der Waals surface area contributed by atoms with Gasteiger partial charge in [0.1, 0.15) is 0 Å². The first-order valence-corrected chi connectivity index (χ1v) is 11.6. The molecule has 158 valence electrons. The summed E-state index contributed by atoms with van der Waals surface area (Å²) in [7, 11) is -3.95. The fourth-order valence-corrected chi connectivity index (χ4v) is 5.29. The van der Waals surface area contributed by atoms with E-state index in [9.17, 15) is 13.2 Å². The number of hydrogen-bond donors (Lipinski definition) is 0. The number of ketones is 1. The van der Waals surface area contributed by atoms with Gasteiger partial charge in [0.15, 0.2) is 5.78 Å². The van der Waals surface area contributed by atoms with Crippen LogP contribution in [0.4, 0.5) is 0 Å². The molecule has 0 aliphatic rings. The number of para-hydroxylation sites is 1. The molecule has 0 atom stereocenters. The van der Waals surface area contributed by atoms with Crippen LogP contribution in [0.5, 0.6) is 0 Å². The summed E-state index contributed by atoms with van der Waals surface area (Å²) in [6, 6.07) is 23.2. The molecule has 0 fully saturated rings. The molecule has 1 heterocycles. The summed E-state index contributed by atoms with van der Waals surface area (Å²) < 4.78 is 29.1. The first-order chi connectivity index (χ1) is 14.6. The normalized spacial score (nSPS) is 12.3. The maximum Gasteiger partial charge on any atom is 0.268 e. The van der Waals surface area contributed by atoms with Gasteiger partial charge in [-0.15, -0.1) is 0 Å². The van der Waals surface area contributed by atoms with E-state index in [0.29, 0.717) is 27.7 Å². The number of rotatable bonds is 4. The number of Topliss-reactive ketones (excluding diaryl/α,β-unsaturated/α-hetero) is 1. The van der Waals surface area contributed by atoms with Crippen molar-refractivity contribution in [2.24, 2.45) is 5.41 Å². The molecule has 0 aliphatic heterocycles. The Kier molecular flexibility index (Phi) is 5.10. The van der Waals surface area contributed by atoms with Crippen molar-refractivity contribution in [2.45, 2.75) is 32.6 Å². The fourth-order valence-electron chi connectivity index (χ4n) is 3.74. The van der Waals surface area contributed by atoms with Crippen LogP contribution in [0.15, 0.2) is 83.8 Å². The van der Waals surface area contributed by atoms with Crippen LogP contribution in [0.25, 0.3) is 22.2 Å². The van der Waals surface area contributed by atoms with Gasteiger partial charge in [0.05, 0.1) is 21.7 Å². The van der Waals surface area contributed by atoms with Gasteiger partial charge >= 0.3 is 0 Å². The van der Waals surface area contributed by atoms with Crippen molar-refractivity contribution in [3.63, 3.8) is 0 Å². The summed E-state index contributed by atoms with van der Waals surface area (Å²) in [6.45, 7) is 7.47. The van der Waals surface area contributed by atoms with Gasteiger partial charge in [-0.05, 0) is 25.1 Å². The van der Waals surface area contributed by atoms with E-state index in [-0.39, 0.29) is 10.7 Å². The monoisotopic (exact) mass is 431 g/mol. The van der Waals surface area contributed by atoms with Gasteiger partial charge in [-0.1, -0.05) is 87.0 Å². The fraction of sp³-hybridized carbons (Fsp3) is 0.192. The zero-order chi connectivity index (χ0) is 22.4. The molecule has 0 bridgehead atoms. The Morgan fingerprint density at radius 1 is 0.806 bits per heavy atom. The predicted molar refractivity (Wildman–Crippen MR) is 125 cm³/mol. The van der Waals surface area contributed by atoms with Crippen LogP contribution in [0.2, 0.25) is 0 Å². The summed E-state index contributed by atoms with van der Waals surface area (Å²) in [5.74, 6) is -0.0968. The van der Waals surface area contributed by atoms with Gasteiger partial charge in [-0.3, -0.25) is 4.79 Å². The van der Waals surface area contributed by atoms with Gasteiger partial charge in [0, 0.05) is 16.4 Å². The molecule has 0 saturated carbocycles. The average molecular weight is 432 g/mol. The van der Waals surface area contributed by atoms with E-state index in [1.165, 1.54) is 3.97 Å². The Bertz CT molecular complexity index is 1370. The third-order valence-electron chi connectivity index (χ3n) is 5.35. The zero-order valence-electron chi connectivity index (χ0n) is 18.1. The van der Waals surface area contributed by atoms with Gasteiger partial charge in [0.2, 0.25) is 0 Å². The number of carbonyl (C=O) groups excluding carboxylic acids is 1. The molecule has 5 heteroatoms. The van der Waals surface area contributed by atoms with E-state index in [4.69, 9.17) is 0 Å². The highest BCUT2D eigenvalue weighted by Crippen LogP contribution is 2.39. The Morgan fingerprint density at radius 2 is 1.39 bits per heavy atom. The molecule has 1 aromatic heterocycles. The highest BCUT2D eigenvalue weighted by Gasteiger charge is 2.34. The summed E-state index contributed by atoms with van der Waals surface area (Å²) >= 11 is 0. The minimum atomic E-state index is -3.95. The molecule has 0 aliphatic carbocycles. The maximum atomic E-state index is 13.9. The third-order valence-corrected chi connectivity index (χ3v) is 7.07. The largest absolute Gasteiger partial charge is 0.293 e. The van der Waals surface area contributed by atoms with Crippen molar-refractivity contribution >= 4 is 26.7 Å². The lowest BCUT2D eigenvalue weighted by atomic mass is 9.84. The second-order valence-corrected chi connectivity index (χ2v) is 10.6. The number of fused-ring (bicyclic) bond motifs is 1. The summed E-state index contributed by atoms with van der Waals surface area (Å²) in [4.78, 5) is 13.8. The van der Waals surface area contributed by atoms with E-state index >= 15 is 0 Å². The molecule has 3 aromatic carbocycles. The minimum absolute atomic E-state index is 0.0968. The molecular weight excluding hydrogens is 406 g/mol. The van der Waals surface area contributed by atoms with Crippen molar-refractivity contribution in [1.29, 1.82) is 0 Å². The molecule has 0 spiro atoms. The lowest BCUT2D eigenvalue weighted by molar-refractivity contribution is 0.0861.